The Labute approximate surface area is 178 Å². The number of hydrogen-bond acceptors (Lipinski definition) is 4. The number of amides is 1. The van der Waals surface area contributed by atoms with Crippen molar-refractivity contribution in [1.29, 1.82) is 0 Å². The van der Waals surface area contributed by atoms with E-state index in [1.165, 1.54) is 33.5 Å². The zero-order valence-electron chi connectivity index (χ0n) is 17.8. The number of halogens is 2. The van der Waals surface area contributed by atoms with Crippen molar-refractivity contribution in [3.8, 4) is 17.2 Å². The summed E-state index contributed by atoms with van der Waals surface area (Å²) in [7, 11) is 4.55. The molecule has 0 radical (unpaired) electrons. The Hall–Kier alpha value is -3.55. The molecule has 3 aromatic rings. The van der Waals surface area contributed by atoms with Crippen molar-refractivity contribution in [3.63, 3.8) is 0 Å². The van der Waals surface area contributed by atoms with Gasteiger partial charge in [-0.05, 0) is 48.7 Å². The SMILES string of the molecule is COc1cc(/C=C/C(=O)NCCc2c(C)[nH]c3c(F)cc(F)cc23)cc(OC)c1OC. The van der Waals surface area contributed by atoms with E-state index >= 15 is 0 Å². The van der Waals surface area contributed by atoms with E-state index in [0.717, 1.165) is 17.3 Å². The fourth-order valence-electron chi connectivity index (χ4n) is 3.46. The Morgan fingerprint density at radius 2 is 1.74 bits per heavy atom. The van der Waals surface area contributed by atoms with E-state index in [2.05, 4.69) is 10.3 Å². The molecule has 1 heterocycles. The highest BCUT2D eigenvalue weighted by molar-refractivity contribution is 5.92. The number of benzene rings is 2. The first-order valence-electron chi connectivity index (χ1n) is 9.60. The van der Waals surface area contributed by atoms with Crippen LogP contribution >= 0.6 is 0 Å². The Kier molecular flexibility index (Phi) is 6.79. The fraction of sp³-hybridized carbons (Fsp3) is 0.261. The molecule has 0 aliphatic heterocycles. The van der Waals surface area contributed by atoms with Crippen LogP contribution in [0.3, 0.4) is 0 Å². The van der Waals surface area contributed by atoms with Gasteiger partial charge in [0.15, 0.2) is 11.5 Å². The minimum Gasteiger partial charge on any atom is -0.493 e. The maximum atomic E-state index is 13.9. The third kappa shape index (κ3) is 4.79. The minimum atomic E-state index is -0.637. The monoisotopic (exact) mass is 430 g/mol. The zero-order valence-corrected chi connectivity index (χ0v) is 17.8. The van der Waals surface area contributed by atoms with Crippen LogP contribution in [0.5, 0.6) is 17.2 Å². The van der Waals surface area contributed by atoms with Crippen LogP contribution in [0.1, 0.15) is 16.8 Å². The number of hydrogen-bond donors (Lipinski definition) is 2. The largest absolute Gasteiger partial charge is 0.493 e. The lowest BCUT2D eigenvalue weighted by Gasteiger charge is -2.12. The van der Waals surface area contributed by atoms with Gasteiger partial charge >= 0.3 is 0 Å². The van der Waals surface area contributed by atoms with Crippen LogP contribution in [-0.2, 0) is 11.2 Å². The second kappa shape index (κ2) is 9.51. The molecule has 1 aromatic heterocycles. The lowest BCUT2D eigenvalue weighted by Crippen LogP contribution is -2.23. The number of ether oxygens (including phenoxy) is 3. The fourth-order valence-corrected chi connectivity index (χ4v) is 3.46. The van der Waals surface area contributed by atoms with E-state index < -0.39 is 11.6 Å². The average Bonchev–Trinajstić information content (AvgIpc) is 3.07. The van der Waals surface area contributed by atoms with Gasteiger partial charge in [0.2, 0.25) is 11.7 Å². The smallest absolute Gasteiger partial charge is 0.244 e. The first-order valence-corrected chi connectivity index (χ1v) is 9.60. The standard InChI is InChI=1S/C23H24F2N2O4/c1-13-16(17-11-15(24)12-18(25)22(17)27-13)7-8-26-21(28)6-5-14-9-19(29-2)23(31-4)20(10-14)30-3/h5-6,9-12,27H,7-8H2,1-4H3,(H,26,28)/b6-5+. The number of carbonyl (C=O) groups excluding carboxylic acids is 1. The van der Waals surface area contributed by atoms with Gasteiger partial charge < -0.3 is 24.5 Å². The van der Waals surface area contributed by atoms with Crippen molar-refractivity contribution < 1.29 is 27.8 Å². The molecule has 3 rings (SSSR count). The highest BCUT2D eigenvalue weighted by Crippen LogP contribution is 2.38. The second-order valence-corrected chi connectivity index (χ2v) is 6.87. The van der Waals surface area contributed by atoms with E-state index in [1.54, 1.807) is 25.1 Å². The third-order valence-electron chi connectivity index (χ3n) is 4.93. The second-order valence-electron chi connectivity index (χ2n) is 6.87. The van der Waals surface area contributed by atoms with Gasteiger partial charge in [-0.1, -0.05) is 0 Å². The molecule has 2 aromatic carbocycles. The van der Waals surface area contributed by atoms with Crippen molar-refractivity contribution in [2.75, 3.05) is 27.9 Å². The lowest BCUT2D eigenvalue weighted by molar-refractivity contribution is -0.116. The van der Waals surface area contributed by atoms with Gasteiger partial charge in [-0.15, -0.1) is 0 Å². The number of aryl methyl sites for hydroxylation is 1. The molecule has 1 amide bonds. The van der Waals surface area contributed by atoms with E-state index in [4.69, 9.17) is 14.2 Å². The van der Waals surface area contributed by atoms with Gasteiger partial charge in [0.1, 0.15) is 11.6 Å². The molecule has 0 saturated carbocycles. The van der Waals surface area contributed by atoms with E-state index in [1.807, 2.05) is 0 Å². The van der Waals surface area contributed by atoms with E-state index in [0.29, 0.717) is 41.2 Å². The summed E-state index contributed by atoms with van der Waals surface area (Å²) in [5, 5.41) is 3.26. The van der Waals surface area contributed by atoms with Gasteiger partial charge in [-0.25, -0.2) is 8.78 Å². The van der Waals surface area contributed by atoms with Crippen LogP contribution in [0.25, 0.3) is 17.0 Å². The Balaban J connectivity index is 1.67. The average molecular weight is 430 g/mol. The molecule has 0 spiro atoms. The van der Waals surface area contributed by atoms with E-state index in [9.17, 15) is 13.6 Å². The third-order valence-corrected chi connectivity index (χ3v) is 4.93. The number of aromatic amines is 1. The molecule has 0 fully saturated rings. The maximum absolute atomic E-state index is 13.9. The summed E-state index contributed by atoms with van der Waals surface area (Å²) >= 11 is 0. The molecule has 0 unspecified atom stereocenters. The zero-order chi connectivity index (χ0) is 22.5. The summed E-state index contributed by atoms with van der Waals surface area (Å²) in [5.74, 6) is -0.145. The molecule has 31 heavy (non-hydrogen) atoms. The number of nitrogens with one attached hydrogen (secondary N) is 2. The first kappa shape index (κ1) is 22.1. The number of rotatable bonds is 8. The molecular formula is C23H24F2N2O4. The predicted octanol–water partition coefficient (Wildman–Crippen LogP) is 4.15. The first-order chi connectivity index (χ1) is 14.9. The molecule has 0 atom stereocenters. The van der Waals surface area contributed by atoms with Crippen LogP contribution in [0.15, 0.2) is 30.3 Å². The molecule has 0 bridgehead atoms. The summed E-state index contributed by atoms with van der Waals surface area (Å²) < 4.78 is 43.4. The van der Waals surface area contributed by atoms with Crippen molar-refractivity contribution in [1.82, 2.24) is 10.3 Å². The molecule has 2 N–H and O–H groups in total. The molecular weight excluding hydrogens is 406 g/mol. The number of aromatic nitrogens is 1. The predicted molar refractivity (Wildman–Crippen MR) is 115 cm³/mol. The molecule has 0 aliphatic carbocycles. The Bertz CT molecular complexity index is 1110. The Morgan fingerprint density at radius 3 is 2.35 bits per heavy atom. The van der Waals surface area contributed by atoms with Crippen LogP contribution in [0.2, 0.25) is 0 Å². The summed E-state index contributed by atoms with van der Waals surface area (Å²) in [6.07, 6.45) is 3.45. The van der Waals surface area contributed by atoms with Crippen molar-refractivity contribution >= 4 is 22.9 Å². The number of fused-ring (bicyclic) bond motifs is 1. The quantitative estimate of drug-likeness (QED) is 0.527. The molecule has 0 saturated heterocycles. The highest BCUT2D eigenvalue weighted by Gasteiger charge is 2.14. The number of methoxy groups -OCH3 is 3. The van der Waals surface area contributed by atoms with Crippen molar-refractivity contribution in [2.45, 2.75) is 13.3 Å². The van der Waals surface area contributed by atoms with Crippen LogP contribution in [0.4, 0.5) is 8.78 Å². The number of carbonyl (C=O) groups is 1. The summed E-state index contributed by atoms with van der Waals surface area (Å²) in [6, 6.07) is 5.59. The van der Waals surface area contributed by atoms with Gasteiger partial charge in [-0.2, -0.15) is 0 Å². The van der Waals surface area contributed by atoms with Gasteiger partial charge in [0, 0.05) is 29.8 Å². The number of H-pyrrole nitrogens is 1. The van der Waals surface area contributed by atoms with Crippen LogP contribution in [-0.4, -0.2) is 38.8 Å². The normalized spacial score (nSPS) is 11.2. The van der Waals surface area contributed by atoms with Crippen LogP contribution < -0.4 is 19.5 Å². The summed E-state index contributed by atoms with van der Waals surface area (Å²) in [4.78, 5) is 15.2. The Morgan fingerprint density at radius 1 is 1.06 bits per heavy atom. The summed E-state index contributed by atoms with van der Waals surface area (Å²) in [6.45, 7) is 2.10. The van der Waals surface area contributed by atoms with Crippen molar-refractivity contribution in [3.05, 3.63) is 58.8 Å². The molecule has 6 nitrogen and oxygen atoms in total. The summed E-state index contributed by atoms with van der Waals surface area (Å²) in [5.41, 5.74) is 2.47. The maximum Gasteiger partial charge on any atom is 0.244 e. The van der Waals surface area contributed by atoms with E-state index in [-0.39, 0.29) is 11.4 Å². The topological polar surface area (TPSA) is 72.6 Å². The molecule has 164 valence electrons. The van der Waals surface area contributed by atoms with Gasteiger partial charge in [-0.3, -0.25) is 4.79 Å². The minimum absolute atomic E-state index is 0.266. The molecule has 0 aliphatic rings. The van der Waals surface area contributed by atoms with Gasteiger partial charge in [0.05, 0.1) is 26.8 Å². The van der Waals surface area contributed by atoms with Crippen molar-refractivity contribution in [2.24, 2.45) is 0 Å². The highest BCUT2D eigenvalue weighted by atomic mass is 19.1. The van der Waals surface area contributed by atoms with Crippen LogP contribution in [0, 0.1) is 18.6 Å². The van der Waals surface area contributed by atoms with Gasteiger partial charge in [0.25, 0.3) is 0 Å². The molecule has 8 heteroatoms. The lowest BCUT2D eigenvalue weighted by atomic mass is 10.1.